The number of ether oxygens (including phenoxy) is 2. The van der Waals surface area contributed by atoms with Crippen LogP contribution >= 0.6 is 0 Å². The maximum absolute atomic E-state index is 12.8. The third-order valence-corrected chi connectivity index (χ3v) is 4.74. The zero-order valence-corrected chi connectivity index (χ0v) is 11.9. The molecule has 0 aromatic heterocycles. The molecule has 1 spiro atoms. The van der Waals surface area contributed by atoms with E-state index in [1.165, 1.54) is 0 Å². The van der Waals surface area contributed by atoms with Gasteiger partial charge in [0.2, 0.25) is 5.91 Å². The Hall–Kier alpha value is -2.34. The number of fused-ring (bicyclic) bond motifs is 1. The lowest BCUT2D eigenvalue weighted by Gasteiger charge is -2.24. The highest BCUT2D eigenvalue weighted by atomic mass is 16.5. The number of benzene rings is 1. The van der Waals surface area contributed by atoms with Crippen molar-refractivity contribution < 1.29 is 24.2 Å². The number of aliphatic carboxylic acids is 1. The molecule has 1 amide bonds. The molecule has 0 unspecified atom stereocenters. The third kappa shape index (κ3) is 1.58. The topological polar surface area (TPSA) is 78.9 Å². The highest BCUT2D eigenvalue weighted by Crippen LogP contribution is 2.52. The molecule has 6 nitrogen and oxygen atoms in total. The van der Waals surface area contributed by atoms with Crippen molar-refractivity contribution in [2.45, 2.75) is 11.7 Å². The molecule has 1 aromatic rings. The van der Waals surface area contributed by atoms with Gasteiger partial charge >= 0.3 is 0 Å². The maximum atomic E-state index is 12.8. The van der Waals surface area contributed by atoms with Crippen molar-refractivity contribution in [3.05, 3.63) is 36.4 Å². The minimum absolute atomic E-state index is 0.241. The molecule has 3 aliphatic rings. The van der Waals surface area contributed by atoms with Gasteiger partial charge in [-0.15, -0.1) is 0 Å². The van der Waals surface area contributed by atoms with Crippen molar-refractivity contribution in [2.24, 2.45) is 11.8 Å². The minimum Gasteiger partial charge on any atom is -0.550 e. The van der Waals surface area contributed by atoms with E-state index in [-0.39, 0.29) is 5.91 Å². The van der Waals surface area contributed by atoms with Crippen molar-refractivity contribution in [1.82, 2.24) is 0 Å². The van der Waals surface area contributed by atoms with Gasteiger partial charge in [-0.1, -0.05) is 18.2 Å². The largest absolute Gasteiger partial charge is 0.550 e. The molecule has 4 rings (SSSR count). The van der Waals surface area contributed by atoms with Crippen molar-refractivity contribution in [1.29, 1.82) is 0 Å². The monoisotopic (exact) mass is 300 g/mol. The average molecular weight is 300 g/mol. The van der Waals surface area contributed by atoms with Gasteiger partial charge in [-0.25, -0.2) is 0 Å². The molecule has 6 heteroatoms. The van der Waals surface area contributed by atoms with E-state index in [0.717, 1.165) is 0 Å². The third-order valence-electron chi connectivity index (χ3n) is 4.74. The van der Waals surface area contributed by atoms with Crippen LogP contribution in [0.1, 0.15) is 0 Å². The van der Waals surface area contributed by atoms with E-state index in [1.807, 2.05) is 6.08 Å². The Labute approximate surface area is 126 Å². The molecule has 114 valence electrons. The summed E-state index contributed by atoms with van der Waals surface area (Å²) in [7, 11) is 1.55. The summed E-state index contributed by atoms with van der Waals surface area (Å²) in [5.74, 6) is -2.49. The summed E-state index contributed by atoms with van der Waals surface area (Å²) in [6, 6.07) is 7.12. The molecule has 2 saturated heterocycles. The predicted molar refractivity (Wildman–Crippen MR) is 74.1 cm³/mol. The van der Waals surface area contributed by atoms with Crippen LogP contribution in [0.5, 0.6) is 5.75 Å². The van der Waals surface area contributed by atoms with Gasteiger partial charge < -0.3 is 24.3 Å². The number of carbonyl (C=O) groups excluding carboxylic acids is 2. The summed E-state index contributed by atoms with van der Waals surface area (Å²) in [6.07, 6.45) is 2.98. The van der Waals surface area contributed by atoms with Crippen molar-refractivity contribution >= 4 is 17.6 Å². The van der Waals surface area contributed by atoms with Gasteiger partial charge in [-0.2, -0.15) is 0 Å². The van der Waals surface area contributed by atoms with Crippen LogP contribution in [0.3, 0.4) is 0 Å². The minimum atomic E-state index is -1.23. The first kappa shape index (κ1) is 13.3. The lowest BCUT2D eigenvalue weighted by Crippen LogP contribution is -2.45. The number of methoxy groups -OCH3 is 1. The van der Waals surface area contributed by atoms with Crippen LogP contribution in [0.4, 0.5) is 5.69 Å². The second kappa shape index (κ2) is 4.33. The lowest BCUT2D eigenvalue weighted by molar-refractivity contribution is -0.313. The van der Waals surface area contributed by atoms with E-state index < -0.39 is 29.5 Å². The van der Waals surface area contributed by atoms with Gasteiger partial charge in [0.25, 0.3) is 0 Å². The average Bonchev–Trinajstić information content (AvgIpc) is 3.15. The summed E-state index contributed by atoms with van der Waals surface area (Å²) >= 11 is 0. The molecule has 0 saturated carbocycles. The summed E-state index contributed by atoms with van der Waals surface area (Å²) in [4.78, 5) is 25.7. The van der Waals surface area contributed by atoms with Crippen LogP contribution in [0, 0.1) is 11.8 Å². The quantitative estimate of drug-likeness (QED) is 0.718. The molecular formula is C16H14NO5-. The molecule has 0 aliphatic carbocycles. The molecule has 2 fully saturated rings. The SMILES string of the molecule is COc1cccc(N2C[C@]34C=C[C@H](O3)[C@H](C(=O)[O-])[C@@H]4C2=O)c1. The van der Waals surface area contributed by atoms with Crippen molar-refractivity contribution in [3.8, 4) is 5.75 Å². The van der Waals surface area contributed by atoms with Gasteiger partial charge in [0.15, 0.2) is 0 Å². The fraction of sp³-hybridized carbons (Fsp3) is 0.375. The first-order valence-electron chi connectivity index (χ1n) is 7.09. The van der Waals surface area contributed by atoms with Crippen LogP contribution < -0.4 is 14.7 Å². The van der Waals surface area contributed by atoms with Crippen LogP contribution in [0.2, 0.25) is 0 Å². The van der Waals surface area contributed by atoms with E-state index in [9.17, 15) is 14.7 Å². The molecule has 3 heterocycles. The Morgan fingerprint density at radius 3 is 3.05 bits per heavy atom. The zero-order valence-electron chi connectivity index (χ0n) is 11.9. The van der Waals surface area contributed by atoms with E-state index in [0.29, 0.717) is 18.0 Å². The Morgan fingerprint density at radius 2 is 2.32 bits per heavy atom. The number of anilines is 1. The van der Waals surface area contributed by atoms with E-state index in [4.69, 9.17) is 9.47 Å². The predicted octanol–water partition coefficient (Wildman–Crippen LogP) is -0.269. The fourth-order valence-corrected chi connectivity index (χ4v) is 3.76. The van der Waals surface area contributed by atoms with Gasteiger partial charge in [-0.3, -0.25) is 4.79 Å². The number of carbonyl (C=O) groups is 2. The number of carboxylic acid groups (broad SMARTS) is 1. The van der Waals surface area contributed by atoms with E-state index in [1.54, 1.807) is 42.4 Å². The fourth-order valence-electron chi connectivity index (χ4n) is 3.76. The Kier molecular flexibility index (Phi) is 2.62. The normalized spacial score (nSPS) is 35.0. The highest BCUT2D eigenvalue weighted by Gasteiger charge is 2.65. The summed E-state index contributed by atoms with van der Waals surface area (Å²) in [5.41, 5.74) is -0.180. The molecular weight excluding hydrogens is 286 g/mol. The van der Waals surface area contributed by atoms with Crippen LogP contribution in [0.25, 0.3) is 0 Å². The van der Waals surface area contributed by atoms with Crippen LogP contribution in [-0.2, 0) is 14.3 Å². The Bertz CT molecular complexity index is 700. The number of amides is 1. The van der Waals surface area contributed by atoms with Gasteiger partial charge in [0, 0.05) is 23.6 Å². The molecule has 0 N–H and O–H groups in total. The van der Waals surface area contributed by atoms with Gasteiger partial charge in [0.05, 0.1) is 25.7 Å². The van der Waals surface area contributed by atoms with E-state index >= 15 is 0 Å². The number of hydrogen-bond acceptors (Lipinski definition) is 5. The van der Waals surface area contributed by atoms with Gasteiger partial charge in [0.1, 0.15) is 11.4 Å². The molecule has 0 radical (unpaired) electrons. The molecule has 3 aliphatic heterocycles. The number of hydrogen-bond donors (Lipinski definition) is 0. The first-order chi connectivity index (χ1) is 10.6. The molecule has 1 aromatic carbocycles. The van der Waals surface area contributed by atoms with Crippen LogP contribution in [0.15, 0.2) is 36.4 Å². The second-order valence-electron chi connectivity index (χ2n) is 5.84. The summed E-state index contributed by atoms with van der Waals surface area (Å²) in [5, 5.41) is 11.4. The smallest absolute Gasteiger partial charge is 0.234 e. The van der Waals surface area contributed by atoms with Crippen molar-refractivity contribution in [3.63, 3.8) is 0 Å². The number of rotatable bonds is 3. The standard InChI is InChI=1S/C16H15NO5/c1-21-10-4-2-3-9(7-10)17-8-16-6-5-11(22-16)12(15(19)20)13(16)14(17)18/h2-7,11-13H,8H2,1H3,(H,19,20)/p-1/t11-,12-,13+,16-/m0/s1. The molecule has 22 heavy (non-hydrogen) atoms. The van der Waals surface area contributed by atoms with Gasteiger partial charge in [-0.05, 0) is 12.1 Å². The molecule has 2 bridgehead atoms. The highest BCUT2D eigenvalue weighted by molar-refractivity contribution is 6.02. The lowest BCUT2D eigenvalue weighted by atomic mass is 9.77. The zero-order chi connectivity index (χ0) is 15.5. The first-order valence-corrected chi connectivity index (χ1v) is 7.09. The second-order valence-corrected chi connectivity index (χ2v) is 5.84. The Balaban J connectivity index is 1.73. The summed E-state index contributed by atoms with van der Waals surface area (Å²) in [6.45, 7) is 0.306. The maximum Gasteiger partial charge on any atom is 0.234 e. The number of nitrogens with zero attached hydrogens (tertiary/aromatic N) is 1. The van der Waals surface area contributed by atoms with Crippen molar-refractivity contribution in [2.75, 3.05) is 18.6 Å². The summed E-state index contributed by atoms with van der Waals surface area (Å²) < 4.78 is 11.0. The van der Waals surface area contributed by atoms with Crippen LogP contribution in [-0.4, -0.2) is 37.2 Å². The van der Waals surface area contributed by atoms with E-state index in [2.05, 4.69) is 0 Å². The molecule has 4 atom stereocenters. The Morgan fingerprint density at radius 1 is 1.50 bits per heavy atom. The number of carboxylic acids is 1.